The van der Waals surface area contributed by atoms with E-state index >= 15 is 0 Å². The summed E-state index contributed by atoms with van der Waals surface area (Å²) in [6.07, 6.45) is 2.77. The van der Waals surface area contributed by atoms with E-state index in [1.807, 2.05) is 30.3 Å². The third kappa shape index (κ3) is 3.62. The molecule has 6 nitrogen and oxygen atoms in total. The van der Waals surface area contributed by atoms with E-state index in [0.717, 1.165) is 47.0 Å². The van der Waals surface area contributed by atoms with Gasteiger partial charge in [0.15, 0.2) is 11.5 Å². The molecular formula is C22H25N3O3. The SMILES string of the molecule is COc1cc(-c2[nH]c3ccc(C#N)cc3c2CCCCN)cc(OC)c1OC. The van der Waals surface area contributed by atoms with Crippen molar-refractivity contribution in [3.63, 3.8) is 0 Å². The number of hydrogen-bond acceptors (Lipinski definition) is 5. The van der Waals surface area contributed by atoms with Crippen molar-refractivity contribution >= 4 is 10.9 Å². The van der Waals surface area contributed by atoms with E-state index in [2.05, 4.69) is 11.1 Å². The smallest absolute Gasteiger partial charge is 0.203 e. The minimum atomic E-state index is 0.557. The molecule has 6 heteroatoms. The highest BCUT2D eigenvalue weighted by molar-refractivity contribution is 5.92. The number of aromatic nitrogens is 1. The second kappa shape index (κ2) is 8.68. The fourth-order valence-corrected chi connectivity index (χ4v) is 3.49. The molecule has 0 saturated heterocycles. The number of methoxy groups -OCH3 is 3. The summed E-state index contributed by atoms with van der Waals surface area (Å²) < 4.78 is 16.5. The molecule has 0 amide bonds. The number of fused-ring (bicyclic) bond motifs is 1. The van der Waals surface area contributed by atoms with Crippen LogP contribution in [0.4, 0.5) is 0 Å². The molecule has 0 fully saturated rings. The lowest BCUT2D eigenvalue weighted by Crippen LogP contribution is -2.00. The highest BCUT2D eigenvalue weighted by atomic mass is 16.5. The Kier molecular flexibility index (Phi) is 6.07. The average Bonchev–Trinajstić information content (AvgIpc) is 3.10. The maximum Gasteiger partial charge on any atom is 0.203 e. The number of benzene rings is 2. The molecular weight excluding hydrogens is 354 g/mol. The van der Waals surface area contributed by atoms with Gasteiger partial charge in [-0.1, -0.05) is 0 Å². The molecule has 28 heavy (non-hydrogen) atoms. The van der Waals surface area contributed by atoms with Crippen LogP contribution < -0.4 is 19.9 Å². The fourth-order valence-electron chi connectivity index (χ4n) is 3.49. The Labute approximate surface area is 164 Å². The van der Waals surface area contributed by atoms with Crippen LogP contribution in [0.1, 0.15) is 24.0 Å². The number of nitriles is 1. The molecule has 146 valence electrons. The van der Waals surface area contributed by atoms with E-state index in [4.69, 9.17) is 19.9 Å². The first kappa shape index (κ1) is 19.6. The predicted molar refractivity (Wildman–Crippen MR) is 110 cm³/mol. The molecule has 0 aliphatic rings. The monoisotopic (exact) mass is 379 g/mol. The molecule has 1 heterocycles. The van der Waals surface area contributed by atoms with Gasteiger partial charge in [-0.2, -0.15) is 5.26 Å². The van der Waals surface area contributed by atoms with E-state index in [0.29, 0.717) is 29.4 Å². The van der Waals surface area contributed by atoms with Gasteiger partial charge < -0.3 is 24.9 Å². The quantitative estimate of drug-likeness (QED) is 0.577. The zero-order valence-corrected chi connectivity index (χ0v) is 16.5. The van der Waals surface area contributed by atoms with Crippen LogP contribution in [0.25, 0.3) is 22.2 Å². The van der Waals surface area contributed by atoms with E-state index in [9.17, 15) is 5.26 Å². The number of nitrogens with one attached hydrogen (secondary N) is 1. The van der Waals surface area contributed by atoms with Crippen LogP contribution in [-0.4, -0.2) is 32.9 Å². The summed E-state index contributed by atoms with van der Waals surface area (Å²) in [7, 11) is 4.80. The lowest BCUT2D eigenvalue weighted by molar-refractivity contribution is 0.324. The average molecular weight is 379 g/mol. The van der Waals surface area contributed by atoms with Crippen molar-refractivity contribution in [2.24, 2.45) is 5.73 Å². The molecule has 0 radical (unpaired) electrons. The van der Waals surface area contributed by atoms with Crippen LogP contribution in [0.5, 0.6) is 17.2 Å². The predicted octanol–water partition coefficient (Wildman–Crippen LogP) is 4.01. The summed E-state index contributed by atoms with van der Waals surface area (Å²) in [6.45, 7) is 0.658. The first-order chi connectivity index (χ1) is 13.7. The van der Waals surface area contributed by atoms with Crippen molar-refractivity contribution in [1.29, 1.82) is 5.26 Å². The van der Waals surface area contributed by atoms with Crippen molar-refractivity contribution in [1.82, 2.24) is 4.98 Å². The summed E-state index contributed by atoms with van der Waals surface area (Å²) in [5.41, 5.74) is 10.4. The Morgan fingerprint density at radius 2 is 1.71 bits per heavy atom. The highest BCUT2D eigenvalue weighted by Gasteiger charge is 2.19. The summed E-state index contributed by atoms with van der Waals surface area (Å²) in [5, 5.41) is 10.4. The van der Waals surface area contributed by atoms with Gasteiger partial charge >= 0.3 is 0 Å². The molecule has 1 aromatic heterocycles. The minimum Gasteiger partial charge on any atom is -0.493 e. The number of H-pyrrole nitrogens is 1. The van der Waals surface area contributed by atoms with Crippen molar-refractivity contribution in [3.8, 4) is 34.6 Å². The number of nitrogens with zero attached hydrogens (tertiary/aromatic N) is 1. The number of aryl methyl sites for hydroxylation is 1. The van der Waals surface area contributed by atoms with Crippen LogP contribution in [0.2, 0.25) is 0 Å². The van der Waals surface area contributed by atoms with Crippen LogP contribution in [0.15, 0.2) is 30.3 Å². The van der Waals surface area contributed by atoms with Gasteiger partial charge in [0.05, 0.1) is 33.0 Å². The summed E-state index contributed by atoms with van der Waals surface area (Å²) in [6, 6.07) is 11.8. The highest BCUT2D eigenvalue weighted by Crippen LogP contribution is 2.43. The Bertz CT molecular complexity index is 993. The lowest BCUT2D eigenvalue weighted by Gasteiger charge is -2.14. The number of unbranched alkanes of at least 4 members (excludes halogenated alkanes) is 1. The Morgan fingerprint density at radius 1 is 1.00 bits per heavy atom. The van der Waals surface area contributed by atoms with Crippen LogP contribution in [-0.2, 0) is 6.42 Å². The van der Waals surface area contributed by atoms with E-state index < -0.39 is 0 Å². The lowest BCUT2D eigenvalue weighted by atomic mass is 9.99. The Morgan fingerprint density at radius 3 is 2.29 bits per heavy atom. The van der Waals surface area contributed by atoms with Crippen LogP contribution >= 0.6 is 0 Å². The topological polar surface area (TPSA) is 93.3 Å². The molecule has 0 saturated carbocycles. The van der Waals surface area contributed by atoms with Crippen molar-refractivity contribution < 1.29 is 14.2 Å². The molecule has 0 atom stereocenters. The summed E-state index contributed by atoms with van der Waals surface area (Å²) in [4.78, 5) is 3.51. The van der Waals surface area contributed by atoms with E-state index in [1.54, 1.807) is 21.3 Å². The number of hydrogen-bond donors (Lipinski definition) is 2. The van der Waals surface area contributed by atoms with Gasteiger partial charge in [-0.15, -0.1) is 0 Å². The van der Waals surface area contributed by atoms with Gasteiger partial charge in [0.2, 0.25) is 5.75 Å². The molecule has 0 aliphatic heterocycles. The molecule has 3 rings (SSSR count). The Hall–Kier alpha value is -3.17. The van der Waals surface area contributed by atoms with Crippen molar-refractivity contribution in [3.05, 3.63) is 41.5 Å². The molecule has 2 aromatic carbocycles. The zero-order valence-electron chi connectivity index (χ0n) is 16.5. The number of ether oxygens (including phenoxy) is 3. The maximum atomic E-state index is 9.30. The molecule has 0 bridgehead atoms. The third-order valence-electron chi connectivity index (χ3n) is 4.87. The van der Waals surface area contributed by atoms with Gasteiger partial charge in [0.1, 0.15) is 0 Å². The van der Waals surface area contributed by atoms with Gasteiger partial charge in [-0.3, -0.25) is 0 Å². The summed E-state index contributed by atoms with van der Waals surface area (Å²) >= 11 is 0. The van der Waals surface area contributed by atoms with Crippen LogP contribution in [0, 0.1) is 11.3 Å². The molecule has 0 spiro atoms. The zero-order chi connectivity index (χ0) is 20.1. The first-order valence-corrected chi connectivity index (χ1v) is 9.22. The van der Waals surface area contributed by atoms with E-state index in [1.165, 1.54) is 0 Å². The second-order valence-electron chi connectivity index (χ2n) is 6.51. The maximum absolute atomic E-state index is 9.30. The largest absolute Gasteiger partial charge is 0.493 e. The van der Waals surface area contributed by atoms with Gasteiger partial charge in [0.25, 0.3) is 0 Å². The standard InChI is InChI=1S/C22H25N3O3/c1-26-19-11-15(12-20(27-2)22(19)28-3)21-16(6-4-5-9-23)17-10-14(13-24)7-8-18(17)25-21/h7-8,10-12,25H,4-6,9,23H2,1-3H3. The minimum absolute atomic E-state index is 0.557. The van der Waals surface area contributed by atoms with Gasteiger partial charge in [0, 0.05) is 22.2 Å². The van der Waals surface area contributed by atoms with Crippen molar-refractivity contribution in [2.75, 3.05) is 27.9 Å². The fraction of sp³-hybridized carbons (Fsp3) is 0.318. The van der Waals surface area contributed by atoms with Gasteiger partial charge in [-0.25, -0.2) is 0 Å². The third-order valence-corrected chi connectivity index (χ3v) is 4.87. The molecule has 0 aliphatic carbocycles. The second-order valence-corrected chi connectivity index (χ2v) is 6.51. The van der Waals surface area contributed by atoms with Gasteiger partial charge in [-0.05, 0) is 61.7 Å². The normalized spacial score (nSPS) is 10.7. The number of aromatic amines is 1. The molecule has 0 unspecified atom stereocenters. The number of rotatable bonds is 8. The number of nitrogens with two attached hydrogens (primary N) is 1. The molecule has 3 N–H and O–H groups in total. The first-order valence-electron chi connectivity index (χ1n) is 9.22. The van der Waals surface area contributed by atoms with Crippen molar-refractivity contribution in [2.45, 2.75) is 19.3 Å². The Balaban J connectivity index is 2.21. The summed E-state index contributed by atoms with van der Waals surface area (Å²) in [5.74, 6) is 1.75. The van der Waals surface area contributed by atoms with Crippen LogP contribution in [0.3, 0.4) is 0 Å². The molecule has 3 aromatic rings. The van der Waals surface area contributed by atoms with E-state index in [-0.39, 0.29) is 0 Å².